The van der Waals surface area contributed by atoms with E-state index in [1.54, 1.807) is 6.20 Å². The van der Waals surface area contributed by atoms with Crippen LogP contribution in [0.3, 0.4) is 0 Å². The highest BCUT2D eigenvalue weighted by atomic mass is 32.1. The molecule has 0 aliphatic rings. The largest absolute Gasteiger partial charge is 0.389 e. The van der Waals surface area contributed by atoms with E-state index >= 15 is 0 Å². The van der Waals surface area contributed by atoms with Crippen LogP contribution in [0.25, 0.3) is 0 Å². The van der Waals surface area contributed by atoms with Gasteiger partial charge in [-0.3, -0.25) is 4.98 Å². The quantitative estimate of drug-likeness (QED) is 0.798. The van der Waals surface area contributed by atoms with Crippen molar-refractivity contribution in [1.29, 1.82) is 0 Å². The molecule has 0 bridgehead atoms. The first kappa shape index (κ1) is 12.9. The van der Waals surface area contributed by atoms with Gasteiger partial charge in [0.05, 0.1) is 11.9 Å². The van der Waals surface area contributed by atoms with Gasteiger partial charge in [0.1, 0.15) is 4.99 Å². The van der Waals surface area contributed by atoms with E-state index < -0.39 is 0 Å². The molecule has 16 heavy (non-hydrogen) atoms. The first-order valence-electron chi connectivity index (χ1n) is 5.58. The Hall–Kier alpha value is -1.16. The summed E-state index contributed by atoms with van der Waals surface area (Å²) in [5.74, 6) is 0. The Morgan fingerprint density at radius 2 is 2.12 bits per heavy atom. The second-order valence-corrected chi connectivity index (χ2v) is 4.28. The van der Waals surface area contributed by atoms with Crippen molar-refractivity contribution in [3.8, 4) is 0 Å². The summed E-state index contributed by atoms with van der Waals surface area (Å²) in [5.41, 5.74) is 7.63. The average molecular weight is 237 g/mol. The summed E-state index contributed by atoms with van der Waals surface area (Å²) in [6, 6.07) is 2.37. The fourth-order valence-corrected chi connectivity index (χ4v) is 2.08. The molecule has 1 aromatic rings. The normalized spacial score (nSPS) is 10.5. The molecule has 1 aromatic heterocycles. The molecule has 0 saturated carbocycles. The van der Waals surface area contributed by atoms with Crippen LogP contribution < -0.4 is 10.6 Å². The molecular formula is C12H19N3S. The van der Waals surface area contributed by atoms with Gasteiger partial charge in [0.2, 0.25) is 0 Å². The molecule has 0 aliphatic carbocycles. The van der Waals surface area contributed by atoms with Gasteiger partial charge in [-0.2, -0.15) is 0 Å². The van der Waals surface area contributed by atoms with Crippen LogP contribution in [0.4, 0.5) is 5.69 Å². The summed E-state index contributed by atoms with van der Waals surface area (Å²) >= 11 is 5.05. The summed E-state index contributed by atoms with van der Waals surface area (Å²) in [5, 5.41) is 0. The van der Waals surface area contributed by atoms with Crippen LogP contribution in [0.1, 0.15) is 32.3 Å². The number of thiocarbonyl (C=S) groups is 1. The Balaban J connectivity index is 3.07. The lowest BCUT2D eigenvalue weighted by molar-refractivity contribution is 0.591. The van der Waals surface area contributed by atoms with Crippen LogP contribution in [0, 0.1) is 0 Å². The topological polar surface area (TPSA) is 42.2 Å². The van der Waals surface area contributed by atoms with E-state index in [4.69, 9.17) is 18.0 Å². The summed E-state index contributed by atoms with van der Waals surface area (Å²) in [4.78, 5) is 6.78. The van der Waals surface area contributed by atoms with E-state index in [0.717, 1.165) is 24.1 Å². The fourth-order valence-electron chi connectivity index (χ4n) is 1.91. The fraction of sp³-hybridized carbons (Fsp3) is 0.500. The lowest BCUT2D eigenvalue weighted by Gasteiger charge is -2.29. The molecule has 0 aliphatic heterocycles. The number of aromatic nitrogens is 1. The smallest absolute Gasteiger partial charge is 0.106 e. The highest BCUT2D eigenvalue weighted by Gasteiger charge is 2.15. The van der Waals surface area contributed by atoms with Crippen molar-refractivity contribution in [1.82, 2.24) is 4.98 Å². The number of nitrogens with zero attached hydrogens (tertiary/aromatic N) is 2. The molecule has 1 heterocycles. The highest BCUT2D eigenvalue weighted by molar-refractivity contribution is 7.80. The van der Waals surface area contributed by atoms with E-state index in [1.807, 2.05) is 12.3 Å². The zero-order valence-corrected chi connectivity index (χ0v) is 10.9. The Morgan fingerprint density at radius 3 is 2.62 bits per heavy atom. The molecule has 0 unspecified atom stereocenters. The SMILES string of the molecule is CCC(CC)N(C)c1cnccc1C(N)=S. The van der Waals surface area contributed by atoms with Gasteiger partial charge in [-0.1, -0.05) is 26.1 Å². The molecule has 1 rings (SSSR count). The van der Waals surface area contributed by atoms with Crippen LogP contribution in [0.5, 0.6) is 0 Å². The predicted octanol–water partition coefficient (Wildman–Crippen LogP) is 2.34. The minimum Gasteiger partial charge on any atom is -0.389 e. The number of nitrogens with two attached hydrogens (primary N) is 1. The van der Waals surface area contributed by atoms with E-state index in [1.165, 1.54) is 0 Å². The zero-order chi connectivity index (χ0) is 12.1. The van der Waals surface area contributed by atoms with Gasteiger partial charge in [0.25, 0.3) is 0 Å². The maximum Gasteiger partial charge on any atom is 0.106 e. The van der Waals surface area contributed by atoms with Crippen molar-refractivity contribution in [2.45, 2.75) is 32.7 Å². The number of pyridine rings is 1. The van der Waals surface area contributed by atoms with Gasteiger partial charge >= 0.3 is 0 Å². The van der Waals surface area contributed by atoms with E-state index in [9.17, 15) is 0 Å². The summed E-state index contributed by atoms with van der Waals surface area (Å²) in [7, 11) is 2.07. The minimum absolute atomic E-state index is 0.426. The molecule has 3 nitrogen and oxygen atoms in total. The third-order valence-electron chi connectivity index (χ3n) is 2.94. The van der Waals surface area contributed by atoms with Gasteiger partial charge in [0, 0.05) is 24.8 Å². The predicted molar refractivity (Wildman–Crippen MR) is 72.9 cm³/mol. The lowest BCUT2D eigenvalue weighted by atomic mass is 10.1. The van der Waals surface area contributed by atoms with Gasteiger partial charge in [0.15, 0.2) is 0 Å². The van der Waals surface area contributed by atoms with Crippen molar-refractivity contribution < 1.29 is 0 Å². The Labute approximate surface area is 103 Å². The van der Waals surface area contributed by atoms with Gasteiger partial charge in [-0.15, -0.1) is 0 Å². The first-order chi connectivity index (χ1) is 7.61. The summed E-state index contributed by atoms with van der Waals surface area (Å²) in [6.07, 6.45) is 5.74. The number of anilines is 1. The molecule has 0 spiro atoms. The van der Waals surface area contributed by atoms with E-state index in [-0.39, 0.29) is 0 Å². The number of rotatable bonds is 5. The second kappa shape index (κ2) is 5.80. The number of hydrogen-bond donors (Lipinski definition) is 1. The van der Waals surface area contributed by atoms with Crippen molar-refractivity contribution in [2.75, 3.05) is 11.9 Å². The summed E-state index contributed by atoms with van der Waals surface area (Å²) in [6.45, 7) is 4.36. The molecule has 0 aromatic carbocycles. The van der Waals surface area contributed by atoms with Gasteiger partial charge < -0.3 is 10.6 Å². The van der Waals surface area contributed by atoms with Crippen molar-refractivity contribution in [2.24, 2.45) is 5.73 Å². The highest BCUT2D eigenvalue weighted by Crippen LogP contribution is 2.22. The lowest BCUT2D eigenvalue weighted by Crippen LogP contribution is -2.32. The van der Waals surface area contributed by atoms with Crippen LogP contribution in [-0.2, 0) is 0 Å². The van der Waals surface area contributed by atoms with Crippen LogP contribution in [0.15, 0.2) is 18.5 Å². The minimum atomic E-state index is 0.426. The van der Waals surface area contributed by atoms with E-state index in [2.05, 4.69) is 30.8 Å². The molecule has 0 saturated heterocycles. The van der Waals surface area contributed by atoms with Gasteiger partial charge in [-0.25, -0.2) is 0 Å². The number of hydrogen-bond acceptors (Lipinski definition) is 3. The molecule has 0 amide bonds. The summed E-state index contributed by atoms with van der Waals surface area (Å²) < 4.78 is 0. The standard InChI is InChI=1S/C12H19N3S/c1-4-9(5-2)15(3)11-8-14-7-6-10(11)12(13)16/h6-9H,4-5H2,1-3H3,(H2,13,16). The van der Waals surface area contributed by atoms with Crippen molar-refractivity contribution in [3.05, 3.63) is 24.0 Å². The van der Waals surface area contributed by atoms with Crippen molar-refractivity contribution >= 4 is 22.9 Å². The maximum absolute atomic E-state index is 5.71. The van der Waals surface area contributed by atoms with Crippen LogP contribution in [0.2, 0.25) is 0 Å². The molecule has 0 fully saturated rings. The molecule has 2 N–H and O–H groups in total. The second-order valence-electron chi connectivity index (χ2n) is 3.84. The Kier molecular flexibility index (Phi) is 4.68. The first-order valence-corrected chi connectivity index (χ1v) is 5.99. The zero-order valence-electron chi connectivity index (χ0n) is 10.1. The van der Waals surface area contributed by atoms with Crippen molar-refractivity contribution in [3.63, 3.8) is 0 Å². The third kappa shape index (κ3) is 2.70. The maximum atomic E-state index is 5.71. The molecular weight excluding hydrogens is 218 g/mol. The molecule has 0 atom stereocenters. The van der Waals surface area contributed by atoms with Gasteiger partial charge in [-0.05, 0) is 18.9 Å². The van der Waals surface area contributed by atoms with Crippen LogP contribution >= 0.6 is 12.2 Å². The monoisotopic (exact) mass is 237 g/mol. The molecule has 88 valence electrons. The molecule has 0 radical (unpaired) electrons. The Bertz CT molecular complexity index is 361. The molecule has 4 heteroatoms. The Morgan fingerprint density at radius 1 is 1.50 bits per heavy atom. The van der Waals surface area contributed by atoms with Crippen LogP contribution in [-0.4, -0.2) is 23.1 Å². The average Bonchev–Trinajstić information content (AvgIpc) is 2.30. The third-order valence-corrected chi connectivity index (χ3v) is 3.16. The van der Waals surface area contributed by atoms with E-state index in [0.29, 0.717) is 11.0 Å².